The molecule has 1 amide bonds. The molecule has 0 bridgehead atoms. The molecule has 2 heterocycles. The highest BCUT2D eigenvalue weighted by Gasteiger charge is 2.35. The van der Waals surface area contributed by atoms with Crippen molar-refractivity contribution in [3.05, 3.63) is 82.8 Å². The summed E-state index contributed by atoms with van der Waals surface area (Å²) in [5, 5.41) is 6.45. The fraction of sp³-hybridized carbons (Fsp3) is 0.269. The fourth-order valence-electron chi connectivity index (χ4n) is 3.82. The van der Waals surface area contributed by atoms with Gasteiger partial charge in [0.15, 0.2) is 18.1 Å². The van der Waals surface area contributed by atoms with E-state index >= 15 is 0 Å². The van der Waals surface area contributed by atoms with Crippen molar-refractivity contribution in [2.24, 2.45) is 5.10 Å². The second-order valence-electron chi connectivity index (χ2n) is 7.88. The van der Waals surface area contributed by atoms with Gasteiger partial charge in [-0.15, -0.1) is 0 Å². The molecule has 0 radical (unpaired) electrons. The van der Waals surface area contributed by atoms with E-state index in [2.05, 4.69) is 5.10 Å². The van der Waals surface area contributed by atoms with E-state index in [1.165, 1.54) is 5.01 Å². The van der Waals surface area contributed by atoms with Crippen LogP contribution in [0.15, 0.2) is 70.4 Å². The van der Waals surface area contributed by atoms with Crippen LogP contribution in [0.25, 0.3) is 0 Å². The van der Waals surface area contributed by atoms with Gasteiger partial charge in [0.25, 0.3) is 5.91 Å². The summed E-state index contributed by atoms with van der Waals surface area (Å²) in [5.74, 6) is 0.880. The number of rotatable bonds is 9. The van der Waals surface area contributed by atoms with Crippen LogP contribution < -0.4 is 9.47 Å². The highest BCUT2D eigenvalue weighted by atomic mass is 35.5. The first-order chi connectivity index (χ1) is 17.0. The van der Waals surface area contributed by atoms with Crippen LogP contribution in [0.1, 0.15) is 35.8 Å². The van der Waals surface area contributed by atoms with Crippen molar-refractivity contribution in [1.29, 1.82) is 0 Å². The average molecular weight is 497 g/mol. The molecule has 1 aliphatic rings. The van der Waals surface area contributed by atoms with Gasteiger partial charge in [0.05, 0.1) is 26.2 Å². The van der Waals surface area contributed by atoms with Gasteiger partial charge in [-0.1, -0.05) is 29.8 Å². The minimum atomic E-state index is -0.483. The molecule has 2 aromatic carbocycles. The van der Waals surface area contributed by atoms with E-state index in [0.29, 0.717) is 35.1 Å². The lowest BCUT2D eigenvalue weighted by atomic mass is 10.0. The van der Waals surface area contributed by atoms with Gasteiger partial charge < -0.3 is 18.6 Å². The Labute approximate surface area is 208 Å². The number of hydrogen-bond donors (Lipinski definition) is 0. The molecule has 9 heteroatoms. The number of amides is 1. The molecule has 0 spiro atoms. The number of ether oxygens (including phenoxy) is 3. The number of esters is 1. The summed E-state index contributed by atoms with van der Waals surface area (Å²) in [6.07, 6.45) is 2.56. The van der Waals surface area contributed by atoms with Gasteiger partial charge in [-0.3, -0.25) is 9.59 Å². The Balaban J connectivity index is 1.38. The second kappa shape index (κ2) is 11.1. The number of hydrazone groups is 1. The summed E-state index contributed by atoms with van der Waals surface area (Å²) >= 11 is 5.99. The molecule has 0 N–H and O–H groups in total. The zero-order valence-electron chi connectivity index (χ0n) is 19.4. The molecule has 0 saturated heterocycles. The highest BCUT2D eigenvalue weighted by Crippen LogP contribution is 2.33. The van der Waals surface area contributed by atoms with E-state index in [1.807, 2.05) is 24.3 Å². The molecular formula is C26H25ClN2O6. The summed E-state index contributed by atoms with van der Waals surface area (Å²) in [6, 6.07) is 15.8. The first-order valence-corrected chi connectivity index (χ1v) is 11.4. The lowest BCUT2D eigenvalue weighted by Crippen LogP contribution is -2.31. The number of halogens is 1. The third kappa shape index (κ3) is 5.84. The van der Waals surface area contributed by atoms with Crippen LogP contribution in [0.5, 0.6) is 11.5 Å². The van der Waals surface area contributed by atoms with E-state index in [1.54, 1.807) is 50.8 Å². The summed E-state index contributed by atoms with van der Waals surface area (Å²) in [5.41, 5.74) is 2.46. The summed E-state index contributed by atoms with van der Waals surface area (Å²) in [6.45, 7) is -0.417. The molecule has 1 atom stereocenters. The third-order valence-electron chi connectivity index (χ3n) is 5.64. The molecule has 8 nitrogen and oxygen atoms in total. The molecule has 0 aliphatic carbocycles. The molecule has 1 unspecified atom stereocenters. The maximum Gasteiger partial charge on any atom is 0.306 e. The second-order valence-corrected chi connectivity index (χ2v) is 8.31. The zero-order chi connectivity index (χ0) is 24.8. The maximum atomic E-state index is 13.0. The van der Waals surface area contributed by atoms with Crippen LogP contribution in [-0.4, -0.2) is 43.4 Å². The van der Waals surface area contributed by atoms with Crippen molar-refractivity contribution in [3.8, 4) is 11.5 Å². The topological polar surface area (TPSA) is 90.6 Å². The van der Waals surface area contributed by atoms with Gasteiger partial charge in [-0.2, -0.15) is 5.10 Å². The minimum Gasteiger partial charge on any atom is -0.493 e. The fourth-order valence-corrected chi connectivity index (χ4v) is 3.95. The van der Waals surface area contributed by atoms with E-state index in [4.69, 9.17) is 30.2 Å². The number of aryl methyl sites for hydroxylation is 1. The van der Waals surface area contributed by atoms with Gasteiger partial charge in [-0.05, 0) is 53.9 Å². The van der Waals surface area contributed by atoms with Gasteiger partial charge >= 0.3 is 5.97 Å². The largest absolute Gasteiger partial charge is 0.493 e. The number of carbonyl (C=O) groups excluding carboxylic acids is 2. The SMILES string of the molecule is COc1ccc(CCC(=O)OCC(=O)N2N=C(c3ccc(Cl)cc3)CC2c2ccco2)cc1OC. The van der Waals surface area contributed by atoms with E-state index in [9.17, 15) is 9.59 Å². The van der Waals surface area contributed by atoms with Crippen molar-refractivity contribution in [3.63, 3.8) is 0 Å². The zero-order valence-corrected chi connectivity index (χ0v) is 20.2. The minimum absolute atomic E-state index is 0.115. The van der Waals surface area contributed by atoms with Crippen LogP contribution in [-0.2, 0) is 20.7 Å². The normalized spacial score (nSPS) is 15.0. The summed E-state index contributed by atoms with van der Waals surface area (Å²) in [7, 11) is 3.11. The van der Waals surface area contributed by atoms with Crippen LogP contribution in [0, 0.1) is 0 Å². The van der Waals surface area contributed by atoms with Gasteiger partial charge in [-0.25, -0.2) is 5.01 Å². The maximum absolute atomic E-state index is 13.0. The molecule has 1 aromatic heterocycles. The lowest BCUT2D eigenvalue weighted by molar-refractivity contribution is -0.152. The molecular weight excluding hydrogens is 472 g/mol. The highest BCUT2D eigenvalue weighted by molar-refractivity contribution is 6.30. The predicted octanol–water partition coefficient (Wildman–Crippen LogP) is 4.80. The number of hydrogen-bond acceptors (Lipinski definition) is 7. The van der Waals surface area contributed by atoms with Crippen molar-refractivity contribution < 1.29 is 28.2 Å². The van der Waals surface area contributed by atoms with Crippen molar-refractivity contribution in [2.75, 3.05) is 20.8 Å². The molecule has 1 aliphatic heterocycles. The Morgan fingerprint density at radius 3 is 2.54 bits per heavy atom. The Hall–Kier alpha value is -3.78. The quantitative estimate of drug-likeness (QED) is 0.395. The van der Waals surface area contributed by atoms with Gasteiger partial charge in [0.2, 0.25) is 0 Å². The van der Waals surface area contributed by atoms with Crippen molar-refractivity contribution in [1.82, 2.24) is 5.01 Å². The standard InChI is InChI=1S/C26H25ClN2O6/c1-32-23-11-5-17(14-24(23)33-2)6-12-26(31)35-16-25(30)29-21(22-4-3-13-34-22)15-20(28-29)18-7-9-19(27)10-8-18/h3-5,7-11,13-14,21H,6,12,15-16H2,1-2H3. The Morgan fingerprint density at radius 1 is 1.09 bits per heavy atom. The Kier molecular flexibility index (Phi) is 7.72. The smallest absolute Gasteiger partial charge is 0.306 e. The number of furan rings is 1. The lowest BCUT2D eigenvalue weighted by Gasteiger charge is -2.19. The molecule has 35 heavy (non-hydrogen) atoms. The predicted molar refractivity (Wildman–Crippen MR) is 130 cm³/mol. The van der Waals surface area contributed by atoms with E-state index < -0.39 is 24.5 Å². The summed E-state index contributed by atoms with van der Waals surface area (Å²) in [4.78, 5) is 25.3. The Morgan fingerprint density at radius 2 is 1.86 bits per heavy atom. The van der Waals surface area contributed by atoms with Crippen LogP contribution in [0.2, 0.25) is 5.02 Å². The number of benzene rings is 2. The monoisotopic (exact) mass is 496 g/mol. The summed E-state index contributed by atoms with van der Waals surface area (Å²) < 4.78 is 21.3. The molecule has 0 fully saturated rings. The molecule has 4 rings (SSSR count). The molecule has 3 aromatic rings. The number of nitrogens with zero attached hydrogens (tertiary/aromatic N) is 2. The van der Waals surface area contributed by atoms with Crippen LogP contribution in [0.3, 0.4) is 0 Å². The number of methoxy groups -OCH3 is 2. The average Bonchev–Trinajstić information content (AvgIpc) is 3.56. The number of carbonyl (C=O) groups is 2. The van der Waals surface area contributed by atoms with Crippen LogP contribution in [0.4, 0.5) is 0 Å². The van der Waals surface area contributed by atoms with Crippen LogP contribution >= 0.6 is 11.6 Å². The van der Waals surface area contributed by atoms with Gasteiger partial charge in [0, 0.05) is 17.9 Å². The Bertz CT molecular complexity index is 1210. The van der Waals surface area contributed by atoms with E-state index in [0.717, 1.165) is 16.8 Å². The van der Waals surface area contributed by atoms with Crippen molar-refractivity contribution in [2.45, 2.75) is 25.3 Å². The van der Waals surface area contributed by atoms with Gasteiger partial charge in [0.1, 0.15) is 11.8 Å². The molecule has 0 saturated carbocycles. The molecule has 182 valence electrons. The first kappa shape index (κ1) is 24.3. The first-order valence-electron chi connectivity index (χ1n) is 11.0. The van der Waals surface area contributed by atoms with E-state index in [-0.39, 0.29) is 6.42 Å². The third-order valence-corrected chi connectivity index (χ3v) is 5.89. The van der Waals surface area contributed by atoms with Crippen molar-refractivity contribution >= 4 is 29.2 Å².